The Hall–Kier alpha value is -2.41. The average molecular weight is 245 g/mol. The van der Waals surface area contributed by atoms with E-state index in [0.29, 0.717) is 0 Å². The van der Waals surface area contributed by atoms with Gasteiger partial charge >= 0.3 is 0 Å². The number of benzene rings is 2. The molecule has 0 N–H and O–H groups in total. The Balaban J connectivity index is 1.91. The maximum Gasteiger partial charge on any atom is 0.0629 e. The van der Waals surface area contributed by atoms with Crippen LogP contribution in [0.5, 0.6) is 0 Å². The molecule has 0 aliphatic heterocycles. The monoisotopic (exact) mass is 245 g/mol. The molecule has 0 unspecified atom stereocenters. The van der Waals surface area contributed by atoms with Crippen molar-refractivity contribution in [1.29, 1.82) is 0 Å². The van der Waals surface area contributed by atoms with Gasteiger partial charge in [0.15, 0.2) is 0 Å². The molecule has 0 atom stereocenters. The number of aliphatic imine (C=N–C) groups is 1. The fourth-order valence-electron chi connectivity index (χ4n) is 2.21. The largest absolute Gasteiger partial charge is 0.256 e. The second kappa shape index (κ2) is 5.49. The van der Waals surface area contributed by atoms with E-state index in [4.69, 9.17) is 0 Å². The Kier molecular flexibility index (Phi) is 3.37. The van der Waals surface area contributed by atoms with E-state index >= 15 is 0 Å². The number of allylic oxidation sites excluding steroid dienone is 4. The molecule has 1 aliphatic carbocycles. The van der Waals surface area contributed by atoms with Crippen LogP contribution in [-0.2, 0) is 0 Å². The van der Waals surface area contributed by atoms with Crippen molar-refractivity contribution in [2.75, 3.05) is 0 Å². The van der Waals surface area contributed by atoms with Gasteiger partial charge in [0.05, 0.1) is 5.69 Å². The van der Waals surface area contributed by atoms with Crippen LogP contribution in [0.1, 0.15) is 17.5 Å². The molecule has 2 aromatic carbocycles. The summed E-state index contributed by atoms with van der Waals surface area (Å²) in [4.78, 5) is 4.54. The summed E-state index contributed by atoms with van der Waals surface area (Å²) in [6, 6.07) is 18.4. The van der Waals surface area contributed by atoms with Crippen molar-refractivity contribution in [2.45, 2.75) is 6.42 Å². The van der Waals surface area contributed by atoms with Crippen molar-refractivity contribution in [1.82, 2.24) is 0 Å². The van der Waals surface area contributed by atoms with Gasteiger partial charge in [-0.25, -0.2) is 0 Å². The fourth-order valence-corrected chi connectivity index (χ4v) is 2.21. The van der Waals surface area contributed by atoms with Gasteiger partial charge in [-0.2, -0.15) is 0 Å². The van der Waals surface area contributed by atoms with Gasteiger partial charge in [0.2, 0.25) is 0 Å². The highest BCUT2D eigenvalue weighted by Crippen LogP contribution is 2.25. The van der Waals surface area contributed by atoms with E-state index in [1.807, 2.05) is 36.5 Å². The fraction of sp³-hybridized carbons (Fsp3) is 0.0556. The van der Waals surface area contributed by atoms with Crippen molar-refractivity contribution in [3.8, 4) is 0 Å². The predicted octanol–water partition coefficient (Wildman–Crippen LogP) is 4.78. The number of rotatable bonds is 3. The van der Waals surface area contributed by atoms with Crippen LogP contribution in [0.15, 0.2) is 77.8 Å². The molecule has 1 nitrogen and oxygen atoms in total. The van der Waals surface area contributed by atoms with Crippen molar-refractivity contribution < 1.29 is 0 Å². The van der Waals surface area contributed by atoms with Gasteiger partial charge in [0, 0.05) is 11.8 Å². The van der Waals surface area contributed by atoms with E-state index in [1.54, 1.807) is 0 Å². The Morgan fingerprint density at radius 3 is 2.47 bits per heavy atom. The second-order valence-corrected chi connectivity index (χ2v) is 4.51. The van der Waals surface area contributed by atoms with Crippen molar-refractivity contribution in [3.63, 3.8) is 0 Å². The van der Waals surface area contributed by atoms with E-state index in [9.17, 15) is 0 Å². The topological polar surface area (TPSA) is 12.4 Å². The zero-order valence-electron chi connectivity index (χ0n) is 10.7. The van der Waals surface area contributed by atoms with Crippen LogP contribution in [0, 0.1) is 0 Å². The van der Waals surface area contributed by atoms with Gasteiger partial charge in [-0.15, -0.1) is 0 Å². The highest BCUT2D eigenvalue weighted by atomic mass is 14.7. The van der Waals surface area contributed by atoms with Gasteiger partial charge in [0.25, 0.3) is 0 Å². The molecule has 19 heavy (non-hydrogen) atoms. The van der Waals surface area contributed by atoms with Gasteiger partial charge in [-0.3, -0.25) is 4.99 Å². The summed E-state index contributed by atoms with van der Waals surface area (Å²) in [5.74, 6) is 0. The van der Waals surface area contributed by atoms with Crippen molar-refractivity contribution in [3.05, 3.63) is 84.0 Å². The molecule has 0 amide bonds. The zero-order valence-corrected chi connectivity index (χ0v) is 10.7. The van der Waals surface area contributed by atoms with Crippen LogP contribution >= 0.6 is 0 Å². The van der Waals surface area contributed by atoms with Crippen molar-refractivity contribution >= 4 is 17.5 Å². The molecule has 2 aromatic rings. The predicted molar refractivity (Wildman–Crippen MR) is 81.9 cm³/mol. The van der Waals surface area contributed by atoms with Crippen LogP contribution in [0.3, 0.4) is 0 Å². The average Bonchev–Trinajstić information content (AvgIpc) is 3.01. The lowest BCUT2D eigenvalue weighted by atomic mass is 10.00. The molecule has 92 valence electrons. The molecule has 0 bridgehead atoms. The van der Waals surface area contributed by atoms with Gasteiger partial charge in [0.1, 0.15) is 0 Å². The summed E-state index contributed by atoms with van der Waals surface area (Å²) in [6.45, 7) is 0. The first-order chi connectivity index (χ1) is 9.43. The normalized spacial score (nSPS) is 14.0. The van der Waals surface area contributed by atoms with Gasteiger partial charge < -0.3 is 0 Å². The molecular formula is C18H15N. The first-order valence-corrected chi connectivity index (χ1v) is 6.48. The van der Waals surface area contributed by atoms with Gasteiger partial charge in [-0.05, 0) is 29.7 Å². The third kappa shape index (κ3) is 2.71. The minimum atomic E-state index is 0.982. The third-order valence-corrected chi connectivity index (χ3v) is 3.19. The smallest absolute Gasteiger partial charge is 0.0629 e. The molecule has 0 radical (unpaired) electrons. The third-order valence-electron chi connectivity index (χ3n) is 3.19. The van der Waals surface area contributed by atoms with E-state index < -0.39 is 0 Å². The molecule has 0 fully saturated rings. The summed E-state index contributed by atoms with van der Waals surface area (Å²) in [6.07, 6.45) is 9.43. The molecule has 0 aromatic heterocycles. The van der Waals surface area contributed by atoms with E-state index in [2.05, 4.69) is 47.5 Å². The summed E-state index contributed by atoms with van der Waals surface area (Å²) in [7, 11) is 0. The number of hydrogen-bond donors (Lipinski definition) is 0. The highest BCUT2D eigenvalue weighted by Gasteiger charge is 2.06. The summed E-state index contributed by atoms with van der Waals surface area (Å²) in [5, 5.41) is 0. The molecule has 1 heteroatoms. The maximum atomic E-state index is 4.54. The van der Waals surface area contributed by atoms with Crippen molar-refractivity contribution in [2.24, 2.45) is 4.99 Å². The molecule has 3 rings (SSSR count). The van der Waals surface area contributed by atoms with Crippen LogP contribution in [-0.4, -0.2) is 6.21 Å². The Morgan fingerprint density at radius 2 is 1.68 bits per heavy atom. The first-order valence-electron chi connectivity index (χ1n) is 6.48. The Labute approximate surface area is 113 Å². The zero-order chi connectivity index (χ0) is 12.9. The molecule has 0 saturated heterocycles. The molecular weight excluding hydrogens is 230 g/mol. The van der Waals surface area contributed by atoms with E-state index in [-0.39, 0.29) is 0 Å². The molecule has 1 aliphatic rings. The highest BCUT2D eigenvalue weighted by molar-refractivity contribution is 5.90. The number of hydrogen-bond acceptors (Lipinski definition) is 1. The number of nitrogens with zero attached hydrogens (tertiary/aromatic N) is 1. The quantitative estimate of drug-likeness (QED) is 0.690. The lowest BCUT2D eigenvalue weighted by Gasteiger charge is -2.06. The van der Waals surface area contributed by atoms with Crippen LogP contribution in [0.4, 0.5) is 5.69 Å². The summed E-state index contributed by atoms with van der Waals surface area (Å²) in [5.41, 5.74) is 4.78. The molecule has 0 heterocycles. The van der Waals surface area contributed by atoms with E-state index in [0.717, 1.165) is 12.1 Å². The SMILES string of the molecule is C1=CCC(c2ccccc2C=Nc2ccccc2)=C1. The summed E-state index contributed by atoms with van der Waals surface area (Å²) < 4.78 is 0. The Morgan fingerprint density at radius 1 is 0.895 bits per heavy atom. The maximum absolute atomic E-state index is 4.54. The number of para-hydroxylation sites is 1. The standard InChI is InChI=1S/C18H15N/c1-2-11-17(12-3-1)19-14-16-10-6-7-13-18(16)15-8-4-5-9-15/h1-8,10-14H,9H2. The lowest BCUT2D eigenvalue weighted by Crippen LogP contribution is -1.90. The van der Waals surface area contributed by atoms with Crippen LogP contribution in [0.25, 0.3) is 5.57 Å². The minimum Gasteiger partial charge on any atom is -0.256 e. The second-order valence-electron chi connectivity index (χ2n) is 4.51. The van der Waals surface area contributed by atoms with E-state index in [1.165, 1.54) is 16.7 Å². The first kappa shape index (κ1) is 11.7. The summed E-state index contributed by atoms with van der Waals surface area (Å²) >= 11 is 0. The molecule has 0 spiro atoms. The van der Waals surface area contributed by atoms with Crippen LogP contribution < -0.4 is 0 Å². The van der Waals surface area contributed by atoms with Gasteiger partial charge in [-0.1, -0.05) is 60.7 Å². The Bertz CT molecular complexity index is 648. The minimum absolute atomic E-state index is 0.982. The van der Waals surface area contributed by atoms with Crippen LogP contribution in [0.2, 0.25) is 0 Å². The lowest BCUT2D eigenvalue weighted by molar-refractivity contribution is 1.42. The molecule has 0 saturated carbocycles.